The number of benzene rings is 1. The summed E-state index contributed by atoms with van der Waals surface area (Å²) in [4.78, 5) is 0.268. The highest BCUT2D eigenvalue weighted by molar-refractivity contribution is 7.89. The van der Waals surface area contributed by atoms with Crippen LogP contribution < -0.4 is 4.72 Å². The Bertz CT molecular complexity index is 610. The predicted molar refractivity (Wildman–Crippen MR) is 72.4 cm³/mol. The van der Waals surface area contributed by atoms with Crippen LogP contribution in [0.25, 0.3) is 0 Å². The van der Waals surface area contributed by atoms with Gasteiger partial charge in [-0.05, 0) is 37.6 Å². The molecule has 0 heterocycles. The minimum atomic E-state index is -3.49. The van der Waals surface area contributed by atoms with Crippen LogP contribution >= 0.6 is 0 Å². The molecule has 1 aromatic rings. The van der Waals surface area contributed by atoms with E-state index in [4.69, 9.17) is 0 Å². The van der Waals surface area contributed by atoms with Crippen molar-refractivity contribution < 1.29 is 8.42 Å². The standard InChI is InChI=1S/C14H15NO2S/c1-12-6-5-7-13(11-10-12)15-18(16,17)14-8-3-2-4-9-14/h2-5,7-11,15H,6H2,1H3. The summed E-state index contributed by atoms with van der Waals surface area (Å²) in [5, 5.41) is 0. The Labute approximate surface area is 108 Å². The average molecular weight is 261 g/mol. The van der Waals surface area contributed by atoms with Gasteiger partial charge in [0.2, 0.25) is 0 Å². The maximum Gasteiger partial charge on any atom is 0.261 e. The lowest BCUT2D eigenvalue weighted by atomic mass is 10.2. The van der Waals surface area contributed by atoms with Crippen LogP contribution in [-0.4, -0.2) is 8.42 Å². The van der Waals surface area contributed by atoms with Gasteiger partial charge in [-0.3, -0.25) is 4.72 Å². The number of hydrogen-bond acceptors (Lipinski definition) is 2. The molecule has 0 radical (unpaired) electrons. The second-order valence-corrected chi connectivity index (χ2v) is 5.84. The molecule has 0 aromatic heterocycles. The first-order valence-corrected chi connectivity index (χ1v) is 7.18. The van der Waals surface area contributed by atoms with Crippen molar-refractivity contribution in [1.29, 1.82) is 0 Å². The van der Waals surface area contributed by atoms with E-state index in [9.17, 15) is 8.42 Å². The zero-order chi connectivity index (χ0) is 13.0. The maximum atomic E-state index is 12.1. The third-order valence-corrected chi connectivity index (χ3v) is 3.99. The molecule has 1 N–H and O–H groups in total. The van der Waals surface area contributed by atoms with Gasteiger partial charge < -0.3 is 0 Å². The molecule has 0 fully saturated rings. The van der Waals surface area contributed by atoms with Crippen LogP contribution in [0.4, 0.5) is 0 Å². The Kier molecular flexibility index (Phi) is 3.67. The van der Waals surface area contributed by atoms with E-state index in [1.165, 1.54) is 5.57 Å². The van der Waals surface area contributed by atoms with Crippen molar-refractivity contribution in [2.45, 2.75) is 18.2 Å². The first kappa shape index (κ1) is 12.6. The van der Waals surface area contributed by atoms with Crippen molar-refractivity contribution in [3.05, 3.63) is 65.9 Å². The number of rotatable bonds is 3. The zero-order valence-electron chi connectivity index (χ0n) is 10.1. The van der Waals surface area contributed by atoms with Crippen molar-refractivity contribution >= 4 is 10.0 Å². The Balaban J connectivity index is 2.24. The van der Waals surface area contributed by atoms with E-state index >= 15 is 0 Å². The van der Waals surface area contributed by atoms with Crippen LogP contribution in [0, 0.1) is 0 Å². The van der Waals surface area contributed by atoms with Gasteiger partial charge in [0, 0.05) is 5.70 Å². The summed E-state index contributed by atoms with van der Waals surface area (Å²) in [6.07, 6.45) is 8.26. The Morgan fingerprint density at radius 3 is 2.56 bits per heavy atom. The van der Waals surface area contributed by atoms with Crippen molar-refractivity contribution in [1.82, 2.24) is 4.72 Å². The van der Waals surface area contributed by atoms with Crippen molar-refractivity contribution in [3.8, 4) is 0 Å². The van der Waals surface area contributed by atoms with Gasteiger partial charge in [-0.25, -0.2) is 8.42 Å². The van der Waals surface area contributed by atoms with Crippen LogP contribution in [0.5, 0.6) is 0 Å². The number of hydrogen-bond donors (Lipinski definition) is 1. The molecule has 0 bridgehead atoms. The van der Waals surface area contributed by atoms with Gasteiger partial charge in [-0.1, -0.05) is 35.9 Å². The van der Waals surface area contributed by atoms with E-state index in [0.29, 0.717) is 5.70 Å². The summed E-state index contributed by atoms with van der Waals surface area (Å²) in [6.45, 7) is 2.01. The third kappa shape index (κ3) is 3.11. The second-order valence-electron chi connectivity index (χ2n) is 4.16. The van der Waals surface area contributed by atoms with Gasteiger partial charge in [-0.2, -0.15) is 0 Å². The van der Waals surface area contributed by atoms with Crippen molar-refractivity contribution in [2.24, 2.45) is 0 Å². The van der Waals surface area contributed by atoms with E-state index in [1.54, 1.807) is 42.5 Å². The summed E-state index contributed by atoms with van der Waals surface area (Å²) >= 11 is 0. The summed E-state index contributed by atoms with van der Waals surface area (Å²) < 4.78 is 26.7. The van der Waals surface area contributed by atoms with Gasteiger partial charge in [0.1, 0.15) is 0 Å². The monoisotopic (exact) mass is 261 g/mol. The fourth-order valence-electron chi connectivity index (χ4n) is 1.61. The van der Waals surface area contributed by atoms with Gasteiger partial charge >= 0.3 is 0 Å². The Hall–Kier alpha value is -1.81. The molecule has 3 nitrogen and oxygen atoms in total. The lowest BCUT2D eigenvalue weighted by molar-refractivity contribution is 0.589. The third-order valence-electron chi connectivity index (χ3n) is 2.59. The molecular formula is C14H15NO2S. The lowest BCUT2D eigenvalue weighted by Crippen LogP contribution is -2.22. The first-order valence-electron chi connectivity index (χ1n) is 5.70. The van der Waals surface area contributed by atoms with E-state index in [1.807, 2.05) is 19.1 Å². The highest BCUT2D eigenvalue weighted by atomic mass is 32.2. The Morgan fingerprint density at radius 2 is 1.83 bits per heavy atom. The molecule has 0 aliphatic heterocycles. The molecule has 0 saturated heterocycles. The number of sulfonamides is 1. The topological polar surface area (TPSA) is 46.2 Å². The highest BCUT2D eigenvalue weighted by Crippen LogP contribution is 2.13. The molecule has 94 valence electrons. The zero-order valence-corrected chi connectivity index (χ0v) is 10.9. The van der Waals surface area contributed by atoms with Crippen LogP contribution in [0.15, 0.2) is 70.8 Å². The van der Waals surface area contributed by atoms with Gasteiger partial charge in [0.05, 0.1) is 4.90 Å². The largest absolute Gasteiger partial charge is 0.280 e. The first-order chi connectivity index (χ1) is 8.58. The normalized spacial score (nSPS) is 15.6. The SMILES string of the molecule is CC1=CC=C(NS(=O)(=O)c2ccccc2)C=CC1. The summed E-state index contributed by atoms with van der Waals surface area (Å²) in [5.41, 5.74) is 1.77. The molecular weight excluding hydrogens is 246 g/mol. The maximum absolute atomic E-state index is 12.1. The molecule has 0 atom stereocenters. The molecule has 4 heteroatoms. The van der Waals surface area contributed by atoms with Gasteiger partial charge in [0.25, 0.3) is 10.0 Å². The van der Waals surface area contributed by atoms with E-state index in [-0.39, 0.29) is 4.90 Å². The molecule has 0 spiro atoms. The fourth-order valence-corrected chi connectivity index (χ4v) is 2.69. The van der Waals surface area contributed by atoms with Crippen LogP contribution in [0.1, 0.15) is 13.3 Å². The van der Waals surface area contributed by atoms with Crippen molar-refractivity contribution in [2.75, 3.05) is 0 Å². The molecule has 0 amide bonds. The van der Waals surface area contributed by atoms with Crippen LogP contribution in [0.2, 0.25) is 0 Å². The number of nitrogens with one attached hydrogen (secondary N) is 1. The Morgan fingerprint density at radius 1 is 1.11 bits per heavy atom. The minimum absolute atomic E-state index is 0.268. The molecule has 1 aliphatic rings. The molecule has 1 aliphatic carbocycles. The highest BCUT2D eigenvalue weighted by Gasteiger charge is 2.13. The van der Waals surface area contributed by atoms with E-state index in [2.05, 4.69) is 4.72 Å². The summed E-state index contributed by atoms with van der Waals surface area (Å²) in [5.74, 6) is 0. The summed E-state index contributed by atoms with van der Waals surface area (Å²) in [6, 6.07) is 8.34. The van der Waals surface area contributed by atoms with E-state index in [0.717, 1.165) is 6.42 Å². The molecule has 0 saturated carbocycles. The second kappa shape index (κ2) is 5.23. The molecule has 18 heavy (non-hydrogen) atoms. The molecule has 1 aromatic carbocycles. The quantitative estimate of drug-likeness (QED) is 0.909. The van der Waals surface area contributed by atoms with Gasteiger partial charge in [0.15, 0.2) is 0 Å². The summed E-state index contributed by atoms with van der Waals surface area (Å²) in [7, 11) is -3.49. The van der Waals surface area contributed by atoms with Gasteiger partial charge in [-0.15, -0.1) is 0 Å². The molecule has 2 rings (SSSR count). The minimum Gasteiger partial charge on any atom is -0.280 e. The van der Waals surface area contributed by atoms with Crippen molar-refractivity contribution in [3.63, 3.8) is 0 Å². The number of allylic oxidation sites excluding steroid dienone is 5. The fraction of sp³-hybridized carbons (Fsp3) is 0.143. The predicted octanol–water partition coefficient (Wildman–Crippen LogP) is 2.76. The lowest BCUT2D eigenvalue weighted by Gasteiger charge is -2.07. The van der Waals surface area contributed by atoms with Crippen LogP contribution in [-0.2, 0) is 10.0 Å². The smallest absolute Gasteiger partial charge is 0.261 e. The van der Waals surface area contributed by atoms with E-state index < -0.39 is 10.0 Å². The molecule has 0 unspecified atom stereocenters. The average Bonchev–Trinajstić information content (AvgIpc) is 2.55. The van der Waals surface area contributed by atoms with Crippen LogP contribution in [0.3, 0.4) is 0 Å².